The molecule has 0 N–H and O–H groups in total. The minimum absolute atomic E-state index is 0.204. The fourth-order valence-corrected chi connectivity index (χ4v) is 5.56. The normalized spacial score (nSPS) is 17.0. The van der Waals surface area contributed by atoms with E-state index in [2.05, 4.69) is 17.1 Å². The van der Waals surface area contributed by atoms with Gasteiger partial charge >= 0.3 is 0 Å². The molecule has 6 heteroatoms. The molecular weight excluding hydrogens is 420 g/mol. The van der Waals surface area contributed by atoms with E-state index in [1.54, 1.807) is 18.3 Å². The molecule has 0 spiro atoms. The molecule has 1 unspecified atom stereocenters. The molecule has 1 aliphatic heterocycles. The number of sulfonamides is 1. The second-order valence-electron chi connectivity index (χ2n) is 8.11. The SMILES string of the molecule is Cc1ccc(-c2ccc(S(=O)(=O)N3CCC(Oc4cccc5cccnc45)C3)cc2)cc1. The van der Waals surface area contributed by atoms with Crippen LogP contribution in [0.1, 0.15) is 12.0 Å². The largest absolute Gasteiger partial charge is 0.487 e. The van der Waals surface area contributed by atoms with Gasteiger partial charge in [0.05, 0.1) is 11.4 Å². The zero-order valence-electron chi connectivity index (χ0n) is 17.8. The van der Waals surface area contributed by atoms with Crippen LogP contribution in [-0.2, 0) is 10.0 Å². The second-order valence-corrected chi connectivity index (χ2v) is 10.1. The lowest BCUT2D eigenvalue weighted by molar-refractivity contribution is 0.218. The van der Waals surface area contributed by atoms with E-state index in [4.69, 9.17) is 4.74 Å². The molecule has 1 atom stereocenters. The smallest absolute Gasteiger partial charge is 0.243 e. The van der Waals surface area contributed by atoms with E-state index in [1.165, 1.54) is 9.87 Å². The minimum atomic E-state index is -3.57. The third-order valence-electron chi connectivity index (χ3n) is 5.87. The van der Waals surface area contributed by atoms with Gasteiger partial charge in [-0.25, -0.2) is 8.42 Å². The summed E-state index contributed by atoms with van der Waals surface area (Å²) in [4.78, 5) is 4.73. The Labute approximate surface area is 188 Å². The molecular formula is C26H24N2O3S. The molecule has 1 aromatic heterocycles. The molecule has 162 valence electrons. The summed E-state index contributed by atoms with van der Waals surface area (Å²) in [5.41, 5.74) is 4.05. The number of benzene rings is 3. The Morgan fingerprint density at radius 1 is 0.906 bits per heavy atom. The van der Waals surface area contributed by atoms with Crippen molar-refractivity contribution in [3.63, 3.8) is 0 Å². The number of pyridine rings is 1. The number of aromatic nitrogens is 1. The van der Waals surface area contributed by atoms with E-state index < -0.39 is 10.0 Å². The molecule has 1 saturated heterocycles. The first-order valence-corrected chi connectivity index (χ1v) is 12.1. The van der Waals surface area contributed by atoms with Crippen LogP contribution in [-0.4, -0.2) is 36.9 Å². The van der Waals surface area contributed by atoms with Crippen LogP contribution >= 0.6 is 0 Å². The quantitative estimate of drug-likeness (QED) is 0.432. The number of hydrogen-bond donors (Lipinski definition) is 0. The van der Waals surface area contributed by atoms with Crippen molar-refractivity contribution in [1.82, 2.24) is 9.29 Å². The summed E-state index contributed by atoms with van der Waals surface area (Å²) in [7, 11) is -3.57. The number of nitrogens with zero attached hydrogens (tertiary/aromatic N) is 2. The van der Waals surface area contributed by atoms with Gasteiger partial charge in [-0.15, -0.1) is 0 Å². The first kappa shape index (κ1) is 20.7. The van der Waals surface area contributed by atoms with Gasteiger partial charge in [-0.05, 0) is 48.7 Å². The standard InChI is InChI=1S/C26H24N2O3S/c1-19-7-9-20(10-8-19)21-11-13-24(14-12-21)32(29,30)28-17-15-23(18-28)31-25-6-2-4-22-5-3-16-27-26(22)25/h2-14,16,23H,15,17-18H2,1H3. The summed E-state index contributed by atoms with van der Waals surface area (Å²) in [6.45, 7) is 2.80. The Morgan fingerprint density at radius 2 is 1.59 bits per heavy atom. The summed E-state index contributed by atoms with van der Waals surface area (Å²) in [5.74, 6) is 0.690. The van der Waals surface area contributed by atoms with Crippen LogP contribution in [0.5, 0.6) is 5.75 Å². The Balaban J connectivity index is 1.31. The molecule has 0 amide bonds. The van der Waals surface area contributed by atoms with Crippen molar-refractivity contribution in [3.8, 4) is 16.9 Å². The molecule has 0 aliphatic carbocycles. The topological polar surface area (TPSA) is 59.5 Å². The van der Waals surface area contributed by atoms with Crippen molar-refractivity contribution < 1.29 is 13.2 Å². The maximum atomic E-state index is 13.2. The van der Waals surface area contributed by atoms with Crippen LogP contribution in [0.4, 0.5) is 0 Å². The molecule has 0 bridgehead atoms. The molecule has 5 rings (SSSR count). The van der Waals surface area contributed by atoms with Crippen LogP contribution in [0.25, 0.3) is 22.0 Å². The molecule has 0 radical (unpaired) electrons. The third kappa shape index (κ3) is 3.99. The summed E-state index contributed by atoms with van der Waals surface area (Å²) < 4.78 is 34.1. The Morgan fingerprint density at radius 3 is 2.34 bits per heavy atom. The van der Waals surface area contributed by atoms with Gasteiger partial charge in [0.25, 0.3) is 0 Å². The fraction of sp³-hybridized carbons (Fsp3) is 0.192. The number of rotatable bonds is 5. The molecule has 2 heterocycles. The first-order chi connectivity index (χ1) is 15.5. The lowest BCUT2D eigenvalue weighted by Gasteiger charge is -2.18. The van der Waals surface area contributed by atoms with Crippen LogP contribution in [0.3, 0.4) is 0 Å². The average Bonchev–Trinajstić information content (AvgIpc) is 3.29. The van der Waals surface area contributed by atoms with Crippen molar-refractivity contribution in [2.24, 2.45) is 0 Å². The second kappa shape index (κ2) is 8.37. The van der Waals surface area contributed by atoms with Crippen molar-refractivity contribution >= 4 is 20.9 Å². The van der Waals surface area contributed by atoms with E-state index in [-0.39, 0.29) is 6.10 Å². The van der Waals surface area contributed by atoms with Gasteiger partial charge in [-0.2, -0.15) is 4.31 Å². The maximum Gasteiger partial charge on any atom is 0.243 e. The average molecular weight is 445 g/mol. The first-order valence-electron chi connectivity index (χ1n) is 10.7. The molecule has 1 aliphatic rings. The number of hydrogen-bond acceptors (Lipinski definition) is 4. The number of fused-ring (bicyclic) bond motifs is 1. The van der Waals surface area contributed by atoms with Crippen molar-refractivity contribution in [1.29, 1.82) is 0 Å². The minimum Gasteiger partial charge on any atom is -0.487 e. The molecule has 4 aromatic rings. The van der Waals surface area contributed by atoms with Crippen LogP contribution in [0.2, 0.25) is 0 Å². The highest BCUT2D eigenvalue weighted by molar-refractivity contribution is 7.89. The summed E-state index contributed by atoms with van der Waals surface area (Å²) in [5, 5.41) is 1.00. The molecule has 3 aromatic carbocycles. The van der Waals surface area contributed by atoms with Gasteiger partial charge < -0.3 is 4.74 Å². The Hall–Kier alpha value is -3.22. The highest BCUT2D eigenvalue weighted by atomic mass is 32.2. The van der Waals surface area contributed by atoms with E-state index in [1.807, 2.05) is 61.5 Å². The van der Waals surface area contributed by atoms with Crippen molar-refractivity contribution in [3.05, 3.63) is 90.6 Å². The summed E-state index contributed by atoms with van der Waals surface area (Å²) in [6, 6.07) is 25.0. The highest BCUT2D eigenvalue weighted by Crippen LogP contribution is 2.29. The Bertz CT molecular complexity index is 1340. The summed E-state index contributed by atoms with van der Waals surface area (Å²) >= 11 is 0. The monoisotopic (exact) mass is 444 g/mol. The van der Waals surface area contributed by atoms with Gasteiger partial charge in [-0.1, -0.05) is 60.2 Å². The highest BCUT2D eigenvalue weighted by Gasteiger charge is 2.34. The molecule has 1 fully saturated rings. The van der Waals surface area contributed by atoms with Gasteiger partial charge in [0.1, 0.15) is 17.4 Å². The third-order valence-corrected chi connectivity index (χ3v) is 7.75. The molecule has 0 saturated carbocycles. The predicted octanol–water partition coefficient (Wildman–Crippen LogP) is 5.05. The maximum absolute atomic E-state index is 13.2. The Kier molecular flexibility index (Phi) is 5.41. The van der Waals surface area contributed by atoms with Gasteiger partial charge in [-0.3, -0.25) is 4.98 Å². The zero-order chi connectivity index (χ0) is 22.1. The summed E-state index contributed by atoms with van der Waals surface area (Å²) in [6.07, 6.45) is 2.18. The molecule has 32 heavy (non-hydrogen) atoms. The van der Waals surface area contributed by atoms with E-state index >= 15 is 0 Å². The van der Waals surface area contributed by atoms with E-state index in [9.17, 15) is 8.42 Å². The number of ether oxygens (including phenoxy) is 1. The van der Waals surface area contributed by atoms with E-state index in [0.717, 1.165) is 22.0 Å². The lowest BCUT2D eigenvalue weighted by Crippen LogP contribution is -2.31. The van der Waals surface area contributed by atoms with E-state index in [0.29, 0.717) is 30.2 Å². The lowest BCUT2D eigenvalue weighted by atomic mass is 10.0. The van der Waals surface area contributed by atoms with Gasteiger partial charge in [0.15, 0.2) is 0 Å². The van der Waals surface area contributed by atoms with Crippen molar-refractivity contribution in [2.75, 3.05) is 13.1 Å². The number of para-hydroxylation sites is 1. The number of aryl methyl sites for hydroxylation is 1. The fourth-order valence-electron chi connectivity index (χ4n) is 4.08. The molecule has 5 nitrogen and oxygen atoms in total. The van der Waals surface area contributed by atoms with Gasteiger partial charge in [0.2, 0.25) is 10.0 Å². The predicted molar refractivity (Wildman–Crippen MR) is 126 cm³/mol. The van der Waals surface area contributed by atoms with Crippen LogP contribution in [0, 0.1) is 6.92 Å². The van der Waals surface area contributed by atoms with Crippen LogP contribution in [0.15, 0.2) is 90.0 Å². The zero-order valence-corrected chi connectivity index (χ0v) is 18.6. The van der Waals surface area contributed by atoms with Gasteiger partial charge in [0, 0.05) is 18.1 Å². The van der Waals surface area contributed by atoms with Crippen molar-refractivity contribution in [2.45, 2.75) is 24.3 Å². The van der Waals surface area contributed by atoms with Crippen LogP contribution < -0.4 is 4.74 Å².